The third-order valence-corrected chi connectivity index (χ3v) is 3.06. The number of nitrogens with zero attached hydrogens (tertiary/aromatic N) is 1. The molecule has 1 fully saturated rings. The monoisotopic (exact) mass is 280 g/mol. The Morgan fingerprint density at radius 2 is 2.11 bits per heavy atom. The minimum absolute atomic E-state index is 0.123. The molecule has 0 aromatic heterocycles. The van der Waals surface area contributed by atoms with Crippen LogP contribution in [0.4, 0.5) is 13.2 Å². The van der Waals surface area contributed by atoms with Crippen LogP contribution in [-0.2, 0) is 14.4 Å². The van der Waals surface area contributed by atoms with Crippen LogP contribution in [0.2, 0.25) is 0 Å². The molecule has 0 radical (unpaired) electrons. The molecule has 0 aliphatic carbocycles. The number of hydrogen-bond donors (Lipinski definition) is 1. The zero-order valence-corrected chi connectivity index (χ0v) is 10.4. The fourth-order valence-electron chi connectivity index (χ4n) is 1.95. The largest absolute Gasteiger partial charge is 0.400 e. The molecule has 2 unspecified atom stereocenters. The van der Waals surface area contributed by atoms with Crippen LogP contribution in [0.5, 0.6) is 0 Å². The van der Waals surface area contributed by atoms with Crippen molar-refractivity contribution in [2.24, 2.45) is 5.92 Å². The summed E-state index contributed by atoms with van der Waals surface area (Å²) in [6.45, 7) is 0.686. The van der Waals surface area contributed by atoms with Gasteiger partial charge in [0.1, 0.15) is 18.2 Å². The smallest absolute Gasteiger partial charge is 0.348 e. The van der Waals surface area contributed by atoms with Crippen molar-refractivity contribution in [2.45, 2.75) is 32.0 Å². The SMILES string of the molecule is CC(C(=O)N1CCCC1C(=O)NCC=O)C(F)(F)F. The van der Waals surface area contributed by atoms with Crippen LogP contribution in [0.3, 0.4) is 0 Å². The van der Waals surface area contributed by atoms with Crippen LogP contribution < -0.4 is 5.32 Å². The molecule has 0 saturated carbocycles. The van der Waals surface area contributed by atoms with E-state index in [1.165, 1.54) is 0 Å². The summed E-state index contributed by atoms with van der Waals surface area (Å²) in [4.78, 5) is 34.5. The van der Waals surface area contributed by atoms with Gasteiger partial charge in [-0.3, -0.25) is 9.59 Å². The van der Waals surface area contributed by atoms with Crippen molar-refractivity contribution in [3.8, 4) is 0 Å². The van der Waals surface area contributed by atoms with E-state index in [1.807, 2.05) is 0 Å². The van der Waals surface area contributed by atoms with Crippen LogP contribution >= 0.6 is 0 Å². The van der Waals surface area contributed by atoms with Crippen LogP contribution in [0.25, 0.3) is 0 Å². The molecule has 0 aromatic rings. The van der Waals surface area contributed by atoms with Crippen LogP contribution in [0.15, 0.2) is 0 Å². The lowest BCUT2D eigenvalue weighted by atomic mass is 10.1. The Hall–Kier alpha value is -1.60. The molecule has 1 saturated heterocycles. The standard InChI is InChI=1S/C11H15F3N2O3/c1-7(11(12,13)14)10(19)16-5-2-3-8(16)9(18)15-4-6-17/h6-8H,2-5H2,1H3,(H,15,18). The molecule has 1 heterocycles. The van der Waals surface area contributed by atoms with E-state index < -0.39 is 30.0 Å². The number of aldehydes is 1. The highest BCUT2D eigenvalue weighted by Crippen LogP contribution is 2.30. The molecule has 8 heteroatoms. The van der Waals surface area contributed by atoms with Gasteiger partial charge in [-0.1, -0.05) is 0 Å². The summed E-state index contributed by atoms with van der Waals surface area (Å²) in [5.41, 5.74) is 0. The summed E-state index contributed by atoms with van der Waals surface area (Å²) in [5, 5.41) is 2.25. The van der Waals surface area contributed by atoms with Crippen molar-refractivity contribution in [2.75, 3.05) is 13.1 Å². The minimum Gasteiger partial charge on any atom is -0.348 e. The van der Waals surface area contributed by atoms with Crippen molar-refractivity contribution in [3.05, 3.63) is 0 Å². The Morgan fingerprint density at radius 3 is 2.63 bits per heavy atom. The van der Waals surface area contributed by atoms with Crippen molar-refractivity contribution in [1.82, 2.24) is 10.2 Å². The number of rotatable bonds is 4. The number of hydrogen-bond acceptors (Lipinski definition) is 3. The van der Waals surface area contributed by atoms with E-state index >= 15 is 0 Å². The van der Waals surface area contributed by atoms with E-state index in [1.54, 1.807) is 0 Å². The summed E-state index contributed by atoms with van der Waals surface area (Å²) < 4.78 is 37.5. The van der Waals surface area contributed by atoms with E-state index in [2.05, 4.69) is 5.32 Å². The maximum Gasteiger partial charge on any atom is 0.400 e. The molecule has 108 valence electrons. The second-order valence-corrected chi connectivity index (χ2v) is 4.36. The number of alkyl halides is 3. The lowest BCUT2D eigenvalue weighted by Gasteiger charge is -2.27. The van der Waals surface area contributed by atoms with Crippen LogP contribution in [0, 0.1) is 5.92 Å². The normalized spacial score (nSPS) is 21.1. The van der Waals surface area contributed by atoms with E-state index in [-0.39, 0.29) is 13.1 Å². The summed E-state index contributed by atoms with van der Waals surface area (Å²) in [6.07, 6.45) is -3.38. The van der Waals surface area contributed by atoms with Gasteiger partial charge in [0.15, 0.2) is 0 Å². The number of carbonyl (C=O) groups excluding carboxylic acids is 3. The summed E-state index contributed by atoms with van der Waals surface area (Å²) >= 11 is 0. The second-order valence-electron chi connectivity index (χ2n) is 4.36. The first-order valence-corrected chi connectivity index (χ1v) is 5.87. The van der Waals surface area contributed by atoms with Crippen LogP contribution in [-0.4, -0.2) is 48.3 Å². The highest BCUT2D eigenvalue weighted by molar-refractivity contribution is 5.90. The van der Waals surface area contributed by atoms with Gasteiger partial charge in [-0.05, 0) is 19.8 Å². The highest BCUT2D eigenvalue weighted by Gasteiger charge is 2.46. The van der Waals surface area contributed by atoms with E-state index in [0.717, 1.165) is 11.8 Å². The predicted octanol–water partition coefficient (Wildman–Crippen LogP) is 0.491. The highest BCUT2D eigenvalue weighted by atomic mass is 19.4. The van der Waals surface area contributed by atoms with E-state index in [9.17, 15) is 27.6 Å². The first kappa shape index (κ1) is 15.5. The first-order chi connectivity index (χ1) is 8.79. The summed E-state index contributed by atoms with van der Waals surface area (Å²) in [6, 6.07) is -0.919. The quantitative estimate of drug-likeness (QED) is 0.762. The third kappa shape index (κ3) is 3.68. The van der Waals surface area contributed by atoms with Crippen LogP contribution in [0.1, 0.15) is 19.8 Å². The molecule has 19 heavy (non-hydrogen) atoms. The molecule has 1 aliphatic rings. The predicted molar refractivity (Wildman–Crippen MR) is 59.0 cm³/mol. The van der Waals surface area contributed by atoms with Gasteiger partial charge in [-0.2, -0.15) is 13.2 Å². The van der Waals surface area contributed by atoms with Gasteiger partial charge in [0.2, 0.25) is 11.8 Å². The average molecular weight is 280 g/mol. The minimum atomic E-state index is -4.62. The van der Waals surface area contributed by atoms with Gasteiger partial charge >= 0.3 is 6.18 Å². The fraction of sp³-hybridized carbons (Fsp3) is 0.727. The first-order valence-electron chi connectivity index (χ1n) is 5.87. The average Bonchev–Trinajstić information content (AvgIpc) is 2.82. The zero-order chi connectivity index (χ0) is 14.6. The van der Waals surface area contributed by atoms with Crippen molar-refractivity contribution in [3.63, 3.8) is 0 Å². The molecular weight excluding hydrogens is 265 g/mol. The Morgan fingerprint density at radius 1 is 1.47 bits per heavy atom. The van der Waals surface area contributed by atoms with Gasteiger partial charge in [-0.25, -0.2) is 0 Å². The van der Waals surface area contributed by atoms with Gasteiger partial charge in [0.25, 0.3) is 0 Å². The van der Waals surface area contributed by atoms with Crippen molar-refractivity contribution < 1.29 is 27.6 Å². The van der Waals surface area contributed by atoms with E-state index in [4.69, 9.17) is 0 Å². The number of carbonyl (C=O) groups is 3. The molecule has 2 atom stereocenters. The number of amides is 2. The van der Waals surface area contributed by atoms with Gasteiger partial charge < -0.3 is 15.0 Å². The topological polar surface area (TPSA) is 66.5 Å². The molecule has 1 aliphatic heterocycles. The Bertz CT molecular complexity index is 371. The van der Waals surface area contributed by atoms with Gasteiger partial charge in [-0.15, -0.1) is 0 Å². The Kier molecular flexibility index (Phi) is 4.90. The van der Waals surface area contributed by atoms with Crippen molar-refractivity contribution >= 4 is 18.1 Å². The molecular formula is C11H15F3N2O3. The Balaban J connectivity index is 2.73. The zero-order valence-electron chi connectivity index (χ0n) is 10.4. The molecule has 1 rings (SSSR count). The number of likely N-dealkylation sites (tertiary alicyclic amines) is 1. The lowest BCUT2D eigenvalue weighted by molar-refractivity contribution is -0.186. The lowest BCUT2D eigenvalue weighted by Crippen LogP contribution is -2.49. The maximum atomic E-state index is 12.5. The molecule has 0 spiro atoms. The van der Waals surface area contributed by atoms with E-state index in [0.29, 0.717) is 19.1 Å². The summed E-state index contributed by atoms with van der Waals surface area (Å²) in [7, 11) is 0. The maximum absolute atomic E-state index is 12.5. The summed E-state index contributed by atoms with van der Waals surface area (Å²) in [5.74, 6) is -3.82. The third-order valence-electron chi connectivity index (χ3n) is 3.06. The molecule has 2 amide bonds. The number of halogens is 3. The Labute approximate surface area is 108 Å². The molecule has 0 aromatic carbocycles. The van der Waals surface area contributed by atoms with Gasteiger partial charge in [0, 0.05) is 6.54 Å². The van der Waals surface area contributed by atoms with Crippen molar-refractivity contribution in [1.29, 1.82) is 0 Å². The fourth-order valence-corrected chi connectivity index (χ4v) is 1.95. The second kappa shape index (κ2) is 6.03. The number of nitrogens with one attached hydrogen (secondary N) is 1. The van der Waals surface area contributed by atoms with Gasteiger partial charge in [0.05, 0.1) is 6.54 Å². The molecule has 0 bridgehead atoms. The molecule has 1 N–H and O–H groups in total. The molecule has 5 nitrogen and oxygen atoms in total.